The van der Waals surface area contributed by atoms with Crippen molar-refractivity contribution in [1.82, 2.24) is 4.90 Å². The lowest BCUT2D eigenvalue weighted by molar-refractivity contribution is -0.150. The van der Waals surface area contributed by atoms with E-state index in [1.165, 1.54) is 38.2 Å². The second-order valence-electron chi connectivity index (χ2n) is 13.9. The Kier molecular flexibility index (Phi) is 13.5. The molecule has 1 heterocycles. The molecule has 0 radical (unpaired) electrons. The maximum absolute atomic E-state index is 11.3. The molecule has 7 unspecified atom stereocenters. The molecular formula is C37H57NO6. The number of allylic oxidation sites excluding steroid dienone is 2. The maximum atomic E-state index is 11.3. The summed E-state index contributed by atoms with van der Waals surface area (Å²) >= 11 is 0. The zero-order valence-corrected chi connectivity index (χ0v) is 27.8. The molecule has 1 aliphatic heterocycles. The summed E-state index contributed by atoms with van der Waals surface area (Å²) in [7, 11) is 1.54. The van der Waals surface area contributed by atoms with Gasteiger partial charge in [0.25, 0.3) is 0 Å². The van der Waals surface area contributed by atoms with E-state index < -0.39 is 5.97 Å². The van der Waals surface area contributed by atoms with Gasteiger partial charge in [0, 0.05) is 37.6 Å². The molecule has 7 heteroatoms. The van der Waals surface area contributed by atoms with E-state index in [4.69, 9.17) is 4.74 Å². The summed E-state index contributed by atoms with van der Waals surface area (Å²) in [5, 5.41) is 0. The summed E-state index contributed by atoms with van der Waals surface area (Å²) in [6, 6.07) is 0. The minimum atomic E-state index is -0.410. The molecule has 246 valence electrons. The van der Waals surface area contributed by atoms with Gasteiger partial charge >= 0.3 is 11.9 Å². The van der Waals surface area contributed by atoms with Crippen LogP contribution in [0.15, 0.2) is 50.2 Å². The van der Waals surface area contributed by atoms with Crippen LogP contribution >= 0.6 is 0 Å². The van der Waals surface area contributed by atoms with Crippen LogP contribution in [-0.4, -0.2) is 55.7 Å². The van der Waals surface area contributed by atoms with Crippen molar-refractivity contribution >= 4 is 17.8 Å². The third kappa shape index (κ3) is 8.52. The Balaban J connectivity index is 0.000000164. The van der Waals surface area contributed by atoms with E-state index in [2.05, 4.69) is 62.1 Å². The number of esters is 2. The van der Waals surface area contributed by atoms with Crippen LogP contribution in [0.25, 0.3) is 0 Å². The molecule has 6 aliphatic rings. The third-order valence-corrected chi connectivity index (χ3v) is 11.6. The van der Waals surface area contributed by atoms with E-state index in [0.29, 0.717) is 31.0 Å². The largest absolute Gasteiger partial charge is 0.460 e. The first-order chi connectivity index (χ1) is 21.0. The lowest BCUT2D eigenvalue weighted by Gasteiger charge is -2.38. The van der Waals surface area contributed by atoms with Crippen LogP contribution in [0.4, 0.5) is 0 Å². The summed E-state index contributed by atoms with van der Waals surface area (Å²) < 4.78 is 14.7. The number of fused-ring (bicyclic) bond motifs is 7. The maximum Gasteiger partial charge on any atom is 0.330 e. The van der Waals surface area contributed by atoms with Crippen molar-refractivity contribution in [3.05, 3.63) is 50.2 Å². The third-order valence-electron chi connectivity index (χ3n) is 11.6. The van der Waals surface area contributed by atoms with E-state index >= 15 is 0 Å². The van der Waals surface area contributed by atoms with Crippen LogP contribution in [0.3, 0.4) is 0 Å². The van der Waals surface area contributed by atoms with E-state index in [9.17, 15) is 14.4 Å². The fraction of sp³-hybridized carbons (Fsp3) is 0.703. The first-order valence-electron chi connectivity index (χ1n) is 16.7. The summed E-state index contributed by atoms with van der Waals surface area (Å²) in [6.45, 7) is 18.7. The van der Waals surface area contributed by atoms with Crippen molar-refractivity contribution in [1.29, 1.82) is 0 Å². The van der Waals surface area contributed by atoms with Gasteiger partial charge in [-0.25, -0.2) is 9.59 Å². The molecule has 4 bridgehead atoms. The van der Waals surface area contributed by atoms with Crippen molar-refractivity contribution in [2.24, 2.45) is 40.4 Å². The first-order valence-corrected chi connectivity index (χ1v) is 16.7. The highest BCUT2D eigenvalue weighted by Gasteiger charge is 2.62. The number of amides is 1. The molecule has 0 aromatic rings. The van der Waals surface area contributed by atoms with Crippen LogP contribution in [0.5, 0.6) is 0 Å². The highest BCUT2D eigenvalue weighted by Crippen LogP contribution is 2.66. The molecule has 4 saturated carbocycles. The number of carbonyl (C=O) groups is 3. The van der Waals surface area contributed by atoms with Crippen molar-refractivity contribution in [3.8, 4) is 0 Å². The van der Waals surface area contributed by atoms with E-state index in [-0.39, 0.29) is 23.4 Å². The average molecular weight is 612 g/mol. The van der Waals surface area contributed by atoms with Gasteiger partial charge in [0.05, 0.1) is 6.61 Å². The van der Waals surface area contributed by atoms with E-state index in [1.807, 2.05) is 0 Å². The molecular weight excluding hydrogens is 554 g/mol. The normalized spacial score (nSPS) is 33.3. The van der Waals surface area contributed by atoms with Gasteiger partial charge in [0.15, 0.2) is 0 Å². The van der Waals surface area contributed by atoms with Crippen LogP contribution < -0.4 is 0 Å². The lowest BCUT2D eigenvalue weighted by Crippen LogP contribution is -2.38. The Morgan fingerprint density at radius 3 is 2.30 bits per heavy atom. The van der Waals surface area contributed by atoms with Crippen LogP contribution in [0.2, 0.25) is 0 Å². The van der Waals surface area contributed by atoms with Gasteiger partial charge in [-0.15, -0.1) is 0 Å². The van der Waals surface area contributed by atoms with Crippen molar-refractivity contribution < 1.29 is 28.6 Å². The zero-order chi connectivity index (χ0) is 32.3. The molecule has 6 rings (SSSR count). The van der Waals surface area contributed by atoms with Gasteiger partial charge in [-0.05, 0) is 99.0 Å². The molecule has 1 saturated heterocycles. The van der Waals surface area contributed by atoms with Gasteiger partial charge in [-0.1, -0.05) is 59.1 Å². The molecule has 5 aliphatic carbocycles. The number of carbonyl (C=O) groups excluding carboxylic acids is 3. The number of rotatable bonds is 7. The minimum absolute atomic E-state index is 0.0942. The zero-order valence-electron chi connectivity index (χ0n) is 27.8. The Morgan fingerprint density at radius 1 is 0.977 bits per heavy atom. The predicted molar refractivity (Wildman–Crippen MR) is 174 cm³/mol. The van der Waals surface area contributed by atoms with Gasteiger partial charge in [0.2, 0.25) is 5.91 Å². The van der Waals surface area contributed by atoms with Gasteiger partial charge in [0.1, 0.15) is 12.7 Å². The fourth-order valence-electron chi connectivity index (χ4n) is 8.48. The molecule has 5 fully saturated rings. The summed E-state index contributed by atoms with van der Waals surface area (Å²) in [5.74, 6) is 4.62. The molecule has 7 nitrogen and oxygen atoms in total. The van der Waals surface area contributed by atoms with Gasteiger partial charge < -0.3 is 19.1 Å². The van der Waals surface area contributed by atoms with Gasteiger partial charge in [-0.3, -0.25) is 4.79 Å². The van der Waals surface area contributed by atoms with Crippen molar-refractivity contribution in [2.45, 2.75) is 97.5 Å². The summed E-state index contributed by atoms with van der Waals surface area (Å²) in [6.07, 6.45) is 22.6. The standard InChI is InChI=1S/C13H20O2.C10H14.C8H13NO.C6H10O3/c1-5-11(14)15-10-8-9-6-7-13(10,4)12(9,2)3;1-2-9-7-4-5-8(6-7)10(9)3-1;1-2-9-7-5-3-4-6-8(9)10;1-3-6(7)9-5-4-8-2/h5,9-10H,1,6-8H2,2-4H3;1-2,7-10H,3-6H2;2H,1,3-7H2;3H,1,4-5H2,2H3. The highest BCUT2D eigenvalue weighted by atomic mass is 16.6. The quantitative estimate of drug-likeness (QED) is 0.129. The molecule has 0 aromatic heterocycles. The molecule has 0 N–H and O–H groups in total. The highest BCUT2D eigenvalue weighted by molar-refractivity contribution is 5.81. The molecule has 1 amide bonds. The summed E-state index contributed by atoms with van der Waals surface area (Å²) in [5.41, 5.74) is 0.468. The monoisotopic (exact) mass is 611 g/mol. The average Bonchev–Trinajstić information content (AvgIpc) is 3.80. The number of methoxy groups -OCH3 is 1. The van der Waals surface area contributed by atoms with E-state index in [1.54, 1.807) is 31.1 Å². The molecule has 44 heavy (non-hydrogen) atoms. The fourth-order valence-corrected chi connectivity index (χ4v) is 8.48. The van der Waals surface area contributed by atoms with Crippen molar-refractivity contribution in [2.75, 3.05) is 26.9 Å². The smallest absolute Gasteiger partial charge is 0.330 e. The predicted octanol–water partition coefficient (Wildman–Crippen LogP) is 7.43. The topological polar surface area (TPSA) is 82.1 Å². The molecule has 0 aromatic carbocycles. The Morgan fingerprint density at radius 2 is 1.70 bits per heavy atom. The first kappa shape index (κ1) is 35.8. The number of hydrogen-bond donors (Lipinski definition) is 0. The Labute approximate surface area is 266 Å². The lowest BCUT2D eigenvalue weighted by atomic mass is 9.70. The van der Waals surface area contributed by atoms with Crippen LogP contribution in [0.1, 0.15) is 91.4 Å². The second kappa shape index (κ2) is 16.6. The Bertz CT molecular complexity index is 1050. The summed E-state index contributed by atoms with van der Waals surface area (Å²) in [4.78, 5) is 34.4. The minimum Gasteiger partial charge on any atom is -0.460 e. The van der Waals surface area contributed by atoms with Gasteiger partial charge in [-0.2, -0.15) is 0 Å². The van der Waals surface area contributed by atoms with Crippen LogP contribution in [0, 0.1) is 40.4 Å². The Hall–Kier alpha value is -2.67. The number of likely N-dealkylation sites (tertiary alicyclic amines) is 1. The SMILES string of the molecule is C1=CC2C3CCC(C3)C2C1.C=CC(=O)OC1CC2CCC1(C)C2(C)C.C=CC(=O)OCCOC.C=CN1CCCCCC1=O. The molecule has 0 spiro atoms. The number of nitrogens with zero attached hydrogens (tertiary/aromatic N) is 1. The molecule has 7 atom stereocenters. The number of ether oxygens (including phenoxy) is 3. The van der Waals surface area contributed by atoms with E-state index in [0.717, 1.165) is 55.6 Å². The number of hydrogen-bond acceptors (Lipinski definition) is 6. The second-order valence-corrected chi connectivity index (χ2v) is 13.9. The van der Waals surface area contributed by atoms with Crippen LogP contribution in [-0.2, 0) is 28.6 Å². The van der Waals surface area contributed by atoms with Crippen molar-refractivity contribution in [3.63, 3.8) is 0 Å².